The van der Waals surface area contributed by atoms with Gasteiger partial charge in [0.15, 0.2) is 6.29 Å². The highest BCUT2D eigenvalue weighted by Crippen LogP contribution is 2.26. The molecule has 4 nitrogen and oxygen atoms in total. The molecule has 1 rings (SSSR count). The minimum absolute atomic E-state index is 0.177. The molecular formula is C13H18O4. The molecule has 0 aliphatic carbocycles. The lowest BCUT2D eigenvalue weighted by molar-refractivity contribution is -0.0621. The molecule has 4 heteroatoms. The third-order valence-electron chi connectivity index (χ3n) is 2.39. The van der Waals surface area contributed by atoms with Gasteiger partial charge in [-0.3, -0.25) is 0 Å². The lowest BCUT2D eigenvalue weighted by Gasteiger charge is -2.18. The van der Waals surface area contributed by atoms with Crippen molar-refractivity contribution in [1.82, 2.24) is 0 Å². The van der Waals surface area contributed by atoms with Crippen LogP contribution in [0.15, 0.2) is 18.2 Å². The molecule has 0 aromatic heterocycles. The highest BCUT2D eigenvalue weighted by Gasteiger charge is 2.16. The fourth-order valence-corrected chi connectivity index (χ4v) is 1.61. The molecule has 1 unspecified atom stereocenters. The Balaban J connectivity index is 3.04. The van der Waals surface area contributed by atoms with E-state index in [1.54, 1.807) is 13.0 Å². The van der Waals surface area contributed by atoms with Gasteiger partial charge in [-0.05, 0) is 31.9 Å². The summed E-state index contributed by atoms with van der Waals surface area (Å²) in [4.78, 5) is 11.1. The molecule has 17 heavy (non-hydrogen) atoms. The van der Waals surface area contributed by atoms with E-state index in [9.17, 15) is 4.79 Å². The second-order valence-corrected chi connectivity index (χ2v) is 3.59. The molecular weight excluding hydrogens is 220 g/mol. The average Bonchev–Trinajstić information content (AvgIpc) is 2.29. The molecule has 0 fully saturated rings. The Hall–Kier alpha value is -1.55. The second kappa shape index (κ2) is 6.25. The lowest BCUT2D eigenvalue weighted by atomic mass is 10.1. The Labute approximate surface area is 101 Å². The van der Waals surface area contributed by atoms with E-state index in [1.807, 2.05) is 19.9 Å². The van der Waals surface area contributed by atoms with Crippen LogP contribution in [0.4, 0.5) is 0 Å². The van der Waals surface area contributed by atoms with Gasteiger partial charge in [0.25, 0.3) is 0 Å². The lowest BCUT2D eigenvalue weighted by Crippen LogP contribution is -2.18. The van der Waals surface area contributed by atoms with Crippen LogP contribution < -0.4 is 4.74 Å². The van der Waals surface area contributed by atoms with Crippen LogP contribution in [0.3, 0.4) is 0 Å². The van der Waals surface area contributed by atoms with Crippen molar-refractivity contribution in [3.05, 3.63) is 29.3 Å². The first kappa shape index (κ1) is 13.5. The fourth-order valence-electron chi connectivity index (χ4n) is 1.61. The Kier molecular flexibility index (Phi) is 4.97. The number of para-hydroxylation sites is 1. The first-order valence-corrected chi connectivity index (χ1v) is 5.73. The highest BCUT2D eigenvalue weighted by atomic mass is 16.7. The van der Waals surface area contributed by atoms with Gasteiger partial charge in [0.2, 0.25) is 0 Å². The predicted molar refractivity (Wildman–Crippen MR) is 64.5 cm³/mol. The van der Waals surface area contributed by atoms with E-state index in [0.29, 0.717) is 12.4 Å². The maximum Gasteiger partial charge on any atom is 0.339 e. The van der Waals surface area contributed by atoms with Crippen LogP contribution in [0.2, 0.25) is 0 Å². The zero-order chi connectivity index (χ0) is 12.8. The number of carbonyl (C=O) groups is 1. The quantitative estimate of drug-likeness (QED) is 0.774. The summed E-state index contributed by atoms with van der Waals surface area (Å²) in [5.74, 6) is -0.581. The standard InChI is InChI=1S/C13H18O4/c1-4-10-7-6-8-11(13(14)15)12(10)17-9(3)16-5-2/h6-9H,4-5H2,1-3H3,(H,14,15). The molecule has 0 aliphatic rings. The molecule has 1 atom stereocenters. The number of aryl methyl sites for hydroxylation is 1. The number of carboxylic acid groups (broad SMARTS) is 1. The van der Waals surface area contributed by atoms with Gasteiger partial charge in [-0.15, -0.1) is 0 Å². The van der Waals surface area contributed by atoms with E-state index in [4.69, 9.17) is 14.6 Å². The number of benzene rings is 1. The van der Waals surface area contributed by atoms with Gasteiger partial charge in [0.05, 0.1) is 0 Å². The first-order valence-electron chi connectivity index (χ1n) is 5.73. The molecule has 1 aromatic rings. The molecule has 0 radical (unpaired) electrons. The first-order chi connectivity index (χ1) is 8.10. The molecule has 0 spiro atoms. The summed E-state index contributed by atoms with van der Waals surface area (Å²) in [5, 5.41) is 9.11. The van der Waals surface area contributed by atoms with Crippen molar-refractivity contribution in [3.8, 4) is 5.75 Å². The number of hydrogen-bond acceptors (Lipinski definition) is 3. The van der Waals surface area contributed by atoms with Crippen LogP contribution >= 0.6 is 0 Å². The minimum Gasteiger partial charge on any atom is -0.478 e. The third kappa shape index (κ3) is 3.46. The molecule has 0 saturated carbocycles. The molecule has 94 valence electrons. The molecule has 0 aliphatic heterocycles. The van der Waals surface area contributed by atoms with Gasteiger partial charge in [-0.1, -0.05) is 19.1 Å². The number of hydrogen-bond donors (Lipinski definition) is 1. The zero-order valence-electron chi connectivity index (χ0n) is 10.4. The summed E-state index contributed by atoms with van der Waals surface area (Å²) in [6.45, 7) is 6.10. The van der Waals surface area contributed by atoms with Crippen molar-refractivity contribution in [2.75, 3.05) is 6.61 Å². The number of ether oxygens (including phenoxy) is 2. The molecule has 0 amide bonds. The Morgan fingerprint density at radius 2 is 2.12 bits per heavy atom. The molecule has 0 bridgehead atoms. The maximum atomic E-state index is 11.1. The highest BCUT2D eigenvalue weighted by molar-refractivity contribution is 5.91. The SMILES string of the molecule is CCOC(C)Oc1c(CC)cccc1C(=O)O. The van der Waals surface area contributed by atoms with Gasteiger partial charge in [-0.2, -0.15) is 0 Å². The Morgan fingerprint density at radius 1 is 1.41 bits per heavy atom. The van der Waals surface area contributed by atoms with Crippen molar-refractivity contribution >= 4 is 5.97 Å². The van der Waals surface area contributed by atoms with Crippen LogP contribution in [0.1, 0.15) is 36.7 Å². The van der Waals surface area contributed by atoms with Crippen molar-refractivity contribution in [2.24, 2.45) is 0 Å². The van der Waals surface area contributed by atoms with Gasteiger partial charge in [-0.25, -0.2) is 4.79 Å². The second-order valence-electron chi connectivity index (χ2n) is 3.59. The van der Waals surface area contributed by atoms with Crippen molar-refractivity contribution in [1.29, 1.82) is 0 Å². The molecule has 1 aromatic carbocycles. The van der Waals surface area contributed by atoms with Crippen LogP contribution in [0.5, 0.6) is 5.75 Å². The van der Waals surface area contributed by atoms with Gasteiger partial charge in [0.1, 0.15) is 11.3 Å². The van der Waals surface area contributed by atoms with Crippen LogP contribution in [-0.2, 0) is 11.2 Å². The summed E-state index contributed by atoms with van der Waals surface area (Å²) in [6.07, 6.45) is 0.265. The molecule has 0 heterocycles. The predicted octanol–water partition coefficient (Wildman–Crippen LogP) is 2.71. The van der Waals surface area contributed by atoms with Gasteiger partial charge >= 0.3 is 5.97 Å². The molecule has 1 N–H and O–H groups in total. The van der Waals surface area contributed by atoms with Gasteiger partial charge in [0, 0.05) is 6.61 Å². The third-order valence-corrected chi connectivity index (χ3v) is 2.39. The summed E-state index contributed by atoms with van der Waals surface area (Å²) in [6, 6.07) is 5.12. The normalized spacial score (nSPS) is 12.2. The summed E-state index contributed by atoms with van der Waals surface area (Å²) < 4.78 is 10.8. The van der Waals surface area contributed by atoms with Crippen LogP contribution in [0.25, 0.3) is 0 Å². The van der Waals surface area contributed by atoms with Crippen LogP contribution in [-0.4, -0.2) is 24.0 Å². The summed E-state index contributed by atoms with van der Waals surface area (Å²) in [5.41, 5.74) is 1.05. The fraction of sp³-hybridized carbons (Fsp3) is 0.462. The van der Waals surface area contributed by atoms with E-state index in [-0.39, 0.29) is 5.56 Å². The molecule has 0 saturated heterocycles. The van der Waals surface area contributed by atoms with E-state index in [0.717, 1.165) is 12.0 Å². The van der Waals surface area contributed by atoms with Crippen molar-refractivity contribution in [2.45, 2.75) is 33.5 Å². The van der Waals surface area contributed by atoms with Crippen molar-refractivity contribution < 1.29 is 19.4 Å². The maximum absolute atomic E-state index is 11.1. The number of carboxylic acids is 1. The summed E-state index contributed by atoms with van der Waals surface area (Å²) >= 11 is 0. The number of aromatic carboxylic acids is 1. The topological polar surface area (TPSA) is 55.8 Å². The van der Waals surface area contributed by atoms with Gasteiger partial charge < -0.3 is 14.6 Å². The Bertz CT molecular complexity index is 387. The minimum atomic E-state index is -0.987. The van der Waals surface area contributed by atoms with Crippen LogP contribution in [0, 0.1) is 0 Å². The van der Waals surface area contributed by atoms with E-state index >= 15 is 0 Å². The van der Waals surface area contributed by atoms with E-state index < -0.39 is 12.3 Å². The zero-order valence-corrected chi connectivity index (χ0v) is 10.4. The smallest absolute Gasteiger partial charge is 0.339 e. The van der Waals surface area contributed by atoms with E-state index in [2.05, 4.69) is 0 Å². The monoisotopic (exact) mass is 238 g/mol. The average molecular weight is 238 g/mol. The summed E-state index contributed by atoms with van der Waals surface area (Å²) in [7, 11) is 0. The largest absolute Gasteiger partial charge is 0.478 e. The number of rotatable bonds is 6. The van der Waals surface area contributed by atoms with Crippen molar-refractivity contribution in [3.63, 3.8) is 0 Å². The van der Waals surface area contributed by atoms with E-state index in [1.165, 1.54) is 6.07 Å². The Morgan fingerprint density at radius 3 is 2.65 bits per heavy atom.